The van der Waals surface area contributed by atoms with Crippen molar-refractivity contribution in [3.8, 4) is 5.75 Å². The van der Waals surface area contributed by atoms with E-state index in [4.69, 9.17) is 17.0 Å². The van der Waals surface area contributed by atoms with Crippen LogP contribution in [0, 0.1) is 0 Å². The first-order chi connectivity index (χ1) is 12.1. The van der Waals surface area contributed by atoms with Crippen LogP contribution >= 0.6 is 12.2 Å². The minimum absolute atomic E-state index is 0.256. The second-order valence-corrected chi connectivity index (χ2v) is 5.60. The van der Waals surface area contributed by atoms with Crippen LogP contribution in [-0.2, 0) is 4.79 Å². The second-order valence-electron chi connectivity index (χ2n) is 5.21. The Labute approximate surface area is 154 Å². The van der Waals surface area contributed by atoms with Crippen molar-refractivity contribution in [1.29, 1.82) is 0 Å². The predicted molar refractivity (Wildman–Crippen MR) is 107 cm³/mol. The average molecular weight is 354 g/mol. The fourth-order valence-electron chi connectivity index (χ4n) is 2.28. The Kier molecular flexibility index (Phi) is 7.16. The van der Waals surface area contributed by atoms with E-state index >= 15 is 0 Å². The lowest BCUT2D eigenvalue weighted by Crippen LogP contribution is -2.42. The van der Waals surface area contributed by atoms with Crippen LogP contribution in [0.1, 0.15) is 19.4 Å². The van der Waals surface area contributed by atoms with E-state index in [9.17, 15) is 4.79 Å². The summed E-state index contributed by atoms with van der Waals surface area (Å²) in [6, 6.07) is 17.3. The minimum Gasteiger partial charge on any atom is -0.494 e. The van der Waals surface area contributed by atoms with Gasteiger partial charge in [-0.25, -0.2) is 0 Å². The third-order valence-electron chi connectivity index (χ3n) is 3.48. The van der Waals surface area contributed by atoms with E-state index in [0.29, 0.717) is 18.3 Å². The van der Waals surface area contributed by atoms with Gasteiger partial charge in [0.2, 0.25) is 5.91 Å². The first kappa shape index (κ1) is 18.7. The van der Waals surface area contributed by atoms with Crippen molar-refractivity contribution >= 4 is 35.0 Å². The van der Waals surface area contributed by atoms with Gasteiger partial charge in [0, 0.05) is 18.3 Å². The number of carbonyl (C=O) groups excluding carboxylic acids is 1. The number of nitrogens with zero attached hydrogens (tertiary/aromatic N) is 1. The predicted octanol–water partition coefficient (Wildman–Crippen LogP) is 4.03. The Morgan fingerprint density at radius 2 is 1.80 bits per heavy atom. The zero-order chi connectivity index (χ0) is 18.1. The van der Waals surface area contributed by atoms with Gasteiger partial charge in [-0.1, -0.05) is 30.3 Å². The quantitative estimate of drug-likeness (QED) is 0.628. The summed E-state index contributed by atoms with van der Waals surface area (Å²) in [6.45, 7) is 5.23. The maximum absolute atomic E-state index is 12.1. The van der Waals surface area contributed by atoms with Crippen molar-refractivity contribution < 1.29 is 9.53 Å². The molecule has 1 amide bonds. The normalized spacial score (nSPS) is 10.5. The molecule has 5 heteroatoms. The fourth-order valence-corrected chi connectivity index (χ4v) is 2.61. The Morgan fingerprint density at radius 1 is 1.12 bits per heavy atom. The molecule has 0 saturated heterocycles. The number of anilines is 1. The van der Waals surface area contributed by atoms with E-state index in [0.717, 1.165) is 17.0 Å². The molecule has 0 aliphatic carbocycles. The molecule has 1 N–H and O–H groups in total. The summed E-state index contributed by atoms with van der Waals surface area (Å²) in [7, 11) is 0. The Hall–Kier alpha value is -2.66. The van der Waals surface area contributed by atoms with E-state index in [1.807, 2.05) is 73.3 Å². The van der Waals surface area contributed by atoms with Crippen LogP contribution < -0.4 is 15.0 Å². The minimum atomic E-state index is -0.256. The standard InChI is InChI=1S/C20H22N2O2S/c1-3-22(17-8-6-5-7-9-17)20(25)21-19(23)15-12-16-10-13-18(14-11-16)24-4-2/h5-15H,3-4H2,1-2H3,(H,21,23,25)/b15-12+. The monoisotopic (exact) mass is 354 g/mol. The molecule has 0 aromatic heterocycles. The van der Waals surface area contributed by atoms with Crippen molar-refractivity contribution in [3.05, 3.63) is 66.2 Å². The lowest BCUT2D eigenvalue weighted by atomic mass is 10.2. The zero-order valence-electron chi connectivity index (χ0n) is 14.4. The Morgan fingerprint density at radius 3 is 2.40 bits per heavy atom. The van der Waals surface area contributed by atoms with Crippen molar-refractivity contribution in [2.45, 2.75) is 13.8 Å². The number of para-hydroxylation sites is 1. The largest absolute Gasteiger partial charge is 0.494 e. The lowest BCUT2D eigenvalue weighted by molar-refractivity contribution is -0.115. The van der Waals surface area contributed by atoms with E-state index in [1.165, 1.54) is 6.08 Å². The molecule has 2 aromatic carbocycles. The van der Waals surface area contributed by atoms with Gasteiger partial charge >= 0.3 is 0 Å². The number of carbonyl (C=O) groups is 1. The van der Waals surface area contributed by atoms with Gasteiger partial charge in [0.1, 0.15) is 5.75 Å². The summed E-state index contributed by atoms with van der Waals surface area (Å²) >= 11 is 5.35. The van der Waals surface area contributed by atoms with Gasteiger partial charge < -0.3 is 9.64 Å². The molecule has 2 aromatic rings. The topological polar surface area (TPSA) is 41.6 Å². The first-order valence-electron chi connectivity index (χ1n) is 8.22. The van der Waals surface area contributed by atoms with E-state index in [-0.39, 0.29) is 5.91 Å². The molecular formula is C20H22N2O2S. The molecule has 0 fully saturated rings. The molecule has 0 bridgehead atoms. The molecule has 0 unspecified atom stereocenters. The molecule has 25 heavy (non-hydrogen) atoms. The summed E-state index contributed by atoms with van der Waals surface area (Å²) in [6.07, 6.45) is 3.22. The van der Waals surface area contributed by atoms with Crippen molar-refractivity contribution in [2.75, 3.05) is 18.1 Å². The third kappa shape index (κ3) is 5.72. The van der Waals surface area contributed by atoms with Gasteiger partial charge in [-0.2, -0.15) is 0 Å². The summed E-state index contributed by atoms with van der Waals surface area (Å²) in [5, 5.41) is 3.12. The van der Waals surface area contributed by atoms with Crippen LogP contribution in [0.5, 0.6) is 5.75 Å². The van der Waals surface area contributed by atoms with E-state index in [1.54, 1.807) is 6.08 Å². The maximum Gasteiger partial charge on any atom is 0.250 e. The zero-order valence-corrected chi connectivity index (χ0v) is 15.3. The van der Waals surface area contributed by atoms with Crippen LogP contribution in [0.2, 0.25) is 0 Å². The highest BCUT2D eigenvalue weighted by Gasteiger charge is 2.11. The summed E-state index contributed by atoms with van der Waals surface area (Å²) < 4.78 is 5.39. The van der Waals surface area contributed by atoms with Crippen molar-refractivity contribution in [1.82, 2.24) is 5.32 Å². The van der Waals surface area contributed by atoms with Crippen LogP contribution in [-0.4, -0.2) is 24.2 Å². The van der Waals surface area contributed by atoms with E-state index < -0.39 is 0 Å². The molecule has 0 saturated carbocycles. The molecule has 4 nitrogen and oxygen atoms in total. The molecule has 0 aliphatic heterocycles. The molecule has 0 radical (unpaired) electrons. The second kappa shape index (κ2) is 9.59. The Balaban J connectivity index is 1.95. The molecule has 0 heterocycles. The van der Waals surface area contributed by atoms with Crippen molar-refractivity contribution in [2.24, 2.45) is 0 Å². The van der Waals surface area contributed by atoms with Gasteiger partial charge in [-0.15, -0.1) is 0 Å². The number of ether oxygens (including phenoxy) is 1. The summed E-state index contributed by atoms with van der Waals surface area (Å²) in [5.41, 5.74) is 1.87. The SMILES string of the molecule is CCOc1ccc(/C=C/C(=O)NC(=S)N(CC)c2ccccc2)cc1. The Bertz CT molecular complexity index is 727. The molecule has 0 atom stereocenters. The fraction of sp³-hybridized carbons (Fsp3) is 0.200. The maximum atomic E-state index is 12.1. The number of thiocarbonyl (C=S) groups is 1. The highest BCUT2D eigenvalue weighted by Crippen LogP contribution is 2.14. The molecule has 0 aliphatic rings. The van der Waals surface area contributed by atoms with Gasteiger partial charge in [-0.05, 0) is 62.0 Å². The van der Waals surface area contributed by atoms with Gasteiger partial charge in [0.25, 0.3) is 0 Å². The van der Waals surface area contributed by atoms with Crippen LogP contribution in [0.4, 0.5) is 5.69 Å². The molecule has 2 rings (SSSR count). The number of hydrogen-bond acceptors (Lipinski definition) is 3. The van der Waals surface area contributed by atoms with Crippen LogP contribution in [0.25, 0.3) is 6.08 Å². The third-order valence-corrected chi connectivity index (χ3v) is 3.80. The first-order valence-corrected chi connectivity index (χ1v) is 8.63. The summed E-state index contributed by atoms with van der Waals surface area (Å²) in [5.74, 6) is 0.556. The number of amides is 1. The number of rotatable bonds is 6. The number of benzene rings is 2. The lowest BCUT2D eigenvalue weighted by Gasteiger charge is -2.23. The number of hydrogen-bond donors (Lipinski definition) is 1. The molecular weight excluding hydrogens is 332 g/mol. The highest BCUT2D eigenvalue weighted by molar-refractivity contribution is 7.80. The summed E-state index contributed by atoms with van der Waals surface area (Å²) in [4.78, 5) is 14.0. The van der Waals surface area contributed by atoms with Crippen LogP contribution in [0.15, 0.2) is 60.7 Å². The van der Waals surface area contributed by atoms with Gasteiger partial charge in [0.15, 0.2) is 5.11 Å². The van der Waals surface area contributed by atoms with E-state index in [2.05, 4.69) is 5.32 Å². The smallest absolute Gasteiger partial charge is 0.250 e. The van der Waals surface area contributed by atoms with Gasteiger partial charge in [-0.3, -0.25) is 10.1 Å². The average Bonchev–Trinajstić information content (AvgIpc) is 2.63. The highest BCUT2D eigenvalue weighted by atomic mass is 32.1. The van der Waals surface area contributed by atoms with Crippen LogP contribution in [0.3, 0.4) is 0 Å². The number of nitrogens with one attached hydrogen (secondary N) is 1. The molecule has 0 spiro atoms. The van der Waals surface area contributed by atoms with Gasteiger partial charge in [0.05, 0.1) is 6.61 Å². The van der Waals surface area contributed by atoms with Crippen molar-refractivity contribution in [3.63, 3.8) is 0 Å². The molecule has 130 valence electrons.